The lowest BCUT2D eigenvalue weighted by atomic mass is 10.2. The smallest absolute Gasteiger partial charge is 0.329 e. The summed E-state index contributed by atoms with van der Waals surface area (Å²) in [6.45, 7) is 0.574. The second-order valence-electron chi connectivity index (χ2n) is 3.99. The summed E-state index contributed by atoms with van der Waals surface area (Å²) >= 11 is 0. The van der Waals surface area contributed by atoms with Crippen molar-refractivity contribution >= 4 is 5.97 Å². The summed E-state index contributed by atoms with van der Waals surface area (Å²) in [5, 5.41) is 9.14. The van der Waals surface area contributed by atoms with Gasteiger partial charge in [0.25, 0.3) is 0 Å². The Bertz CT molecular complexity index is 479. The van der Waals surface area contributed by atoms with Gasteiger partial charge in [0.05, 0.1) is 13.2 Å². The van der Waals surface area contributed by atoms with Crippen molar-refractivity contribution in [1.82, 2.24) is 4.57 Å². The molecule has 4 nitrogen and oxygen atoms in total. The molecule has 1 aromatic heterocycles. The highest BCUT2D eigenvalue weighted by atomic mass is 16.5. The molecule has 0 spiro atoms. The van der Waals surface area contributed by atoms with Gasteiger partial charge in [-0.1, -0.05) is 30.3 Å². The molecular weight excluding hydrogens is 230 g/mol. The number of carboxylic acid groups (broad SMARTS) is 1. The lowest BCUT2D eigenvalue weighted by Gasteiger charge is -2.14. The monoisotopic (exact) mass is 245 g/mol. The van der Waals surface area contributed by atoms with Crippen LogP contribution in [0.4, 0.5) is 0 Å². The van der Waals surface area contributed by atoms with Gasteiger partial charge < -0.3 is 14.4 Å². The first-order valence-electron chi connectivity index (χ1n) is 5.74. The van der Waals surface area contributed by atoms with Crippen LogP contribution < -0.4 is 0 Å². The first kappa shape index (κ1) is 12.4. The molecule has 0 bridgehead atoms. The highest BCUT2D eigenvalue weighted by Crippen LogP contribution is 2.10. The second kappa shape index (κ2) is 6.02. The van der Waals surface area contributed by atoms with E-state index in [-0.39, 0.29) is 6.61 Å². The standard InChI is InChI=1S/C14H15NO3/c16-14(17)13(15-8-4-5-9-15)11-18-10-12-6-2-1-3-7-12/h1-9,13H,10-11H2,(H,16,17)/t13-/m0/s1. The Morgan fingerprint density at radius 3 is 2.44 bits per heavy atom. The average Bonchev–Trinajstić information content (AvgIpc) is 2.89. The summed E-state index contributed by atoms with van der Waals surface area (Å²) < 4.78 is 7.10. The third-order valence-corrected chi connectivity index (χ3v) is 2.66. The highest BCUT2D eigenvalue weighted by molar-refractivity contribution is 5.72. The van der Waals surface area contributed by atoms with Gasteiger partial charge >= 0.3 is 5.97 Å². The molecule has 1 aromatic carbocycles. The molecule has 0 amide bonds. The lowest BCUT2D eigenvalue weighted by Crippen LogP contribution is -2.23. The molecular formula is C14H15NO3. The molecule has 94 valence electrons. The molecule has 1 N–H and O–H groups in total. The van der Waals surface area contributed by atoms with E-state index in [1.54, 1.807) is 29.1 Å². The number of carboxylic acids is 1. The largest absolute Gasteiger partial charge is 0.480 e. The van der Waals surface area contributed by atoms with Crippen LogP contribution in [-0.2, 0) is 16.1 Å². The van der Waals surface area contributed by atoms with Crippen molar-refractivity contribution < 1.29 is 14.6 Å². The molecule has 0 aliphatic carbocycles. The number of rotatable bonds is 6. The Kier molecular flexibility index (Phi) is 4.15. The predicted molar refractivity (Wildman–Crippen MR) is 67.2 cm³/mol. The molecule has 4 heteroatoms. The Hall–Kier alpha value is -2.07. The van der Waals surface area contributed by atoms with Crippen LogP contribution in [0.25, 0.3) is 0 Å². The number of carbonyl (C=O) groups is 1. The summed E-state index contributed by atoms with van der Waals surface area (Å²) in [5.74, 6) is -0.890. The number of aliphatic carboxylic acids is 1. The minimum atomic E-state index is -0.890. The van der Waals surface area contributed by atoms with Crippen molar-refractivity contribution in [2.24, 2.45) is 0 Å². The van der Waals surface area contributed by atoms with E-state index in [1.807, 2.05) is 30.3 Å². The zero-order chi connectivity index (χ0) is 12.8. The topological polar surface area (TPSA) is 51.5 Å². The van der Waals surface area contributed by atoms with Gasteiger partial charge in [-0.25, -0.2) is 4.79 Å². The predicted octanol–water partition coefficient (Wildman–Crippen LogP) is 2.33. The third kappa shape index (κ3) is 3.21. The first-order valence-corrected chi connectivity index (χ1v) is 5.74. The number of hydrogen-bond acceptors (Lipinski definition) is 2. The summed E-state index contributed by atoms with van der Waals surface area (Å²) in [6, 6.07) is 12.6. The number of benzene rings is 1. The van der Waals surface area contributed by atoms with Gasteiger partial charge in [-0.2, -0.15) is 0 Å². The molecule has 0 saturated heterocycles. The van der Waals surface area contributed by atoms with Crippen LogP contribution in [0.1, 0.15) is 11.6 Å². The molecule has 1 atom stereocenters. The number of hydrogen-bond donors (Lipinski definition) is 1. The molecule has 2 aromatic rings. The normalized spacial score (nSPS) is 12.2. The molecule has 0 unspecified atom stereocenters. The van der Waals surface area contributed by atoms with Crippen LogP contribution in [-0.4, -0.2) is 22.2 Å². The van der Waals surface area contributed by atoms with E-state index in [0.29, 0.717) is 6.61 Å². The second-order valence-corrected chi connectivity index (χ2v) is 3.99. The van der Waals surface area contributed by atoms with Crippen LogP contribution in [0.2, 0.25) is 0 Å². The molecule has 0 aliphatic rings. The average molecular weight is 245 g/mol. The fraction of sp³-hybridized carbons (Fsp3) is 0.214. The fourth-order valence-electron chi connectivity index (χ4n) is 1.70. The summed E-state index contributed by atoms with van der Waals surface area (Å²) in [5.41, 5.74) is 1.04. The van der Waals surface area contributed by atoms with Gasteiger partial charge in [0.2, 0.25) is 0 Å². The lowest BCUT2D eigenvalue weighted by molar-refractivity contribution is -0.143. The van der Waals surface area contributed by atoms with Crippen molar-refractivity contribution in [1.29, 1.82) is 0 Å². The summed E-state index contributed by atoms with van der Waals surface area (Å²) in [7, 11) is 0. The van der Waals surface area contributed by atoms with E-state index >= 15 is 0 Å². The Balaban J connectivity index is 1.89. The number of aromatic nitrogens is 1. The molecule has 0 aliphatic heterocycles. The maximum atomic E-state index is 11.1. The van der Waals surface area contributed by atoms with E-state index in [9.17, 15) is 4.79 Å². The Labute approximate surface area is 105 Å². The number of nitrogens with zero attached hydrogens (tertiary/aromatic N) is 1. The van der Waals surface area contributed by atoms with Gasteiger partial charge in [0.15, 0.2) is 6.04 Å². The number of ether oxygens (including phenoxy) is 1. The zero-order valence-electron chi connectivity index (χ0n) is 9.90. The molecule has 2 rings (SSSR count). The van der Waals surface area contributed by atoms with Crippen LogP contribution in [0.15, 0.2) is 54.9 Å². The van der Waals surface area contributed by atoms with Crippen molar-refractivity contribution in [2.75, 3.05) is 6.61 Å². The quantitative estimate of drug-likeness (QED) is 0.849. The Morgan fingerprint density at radius 1 is 1.17 bits per heavy atom. The van der Waals surface area contributed by atoms with Gasteiger partial charge in [0, 0.05) is 12.4 Å². The van der Waals surface area contributed by atoms with E-state index in [4.69, 9.17) is 9.84 Å². The third-order valence-electron chi connectivity index (χ3n) is 2.66. The highest BCUT2D eigenvalue weighted by Gasteiger charge is 2.18. The molecule has 1 heterocycles. The fourth-order valence-corrected chi connectivity index (χ4v) is 1.70. The molecule has 18 heavy (non-hydrogen) atoms. The van der Waals surface area contributed by atoms with Gasteiger partial charge in [-0.3, -0.25) is 0 Å². The van der Waals surface area contributed by atoms with Crippen LogP contribution >= 0.6 is 0 Å². The van der Waals surface area contributed by atoms with Crippen molar-refractivity contribution in [2.45, 2.75) is 12.6 Å². The summed E-state index contributed by atoms with van der Waals surface area (Å²) in [6.07, 6.45) is 3.45. The van der Waals surface area contributed by atoms with Gasteiger partial charge in [-0.05, 0) is 17.7 Å². The maximum absolute atomic E-state index is 11.1. The van der Waals surface area contributed by atoms with Crippen molar-refractivity contribution in [3.05, 3.63) is 60.4 Å². The van der Waals surface area contributed by atoms with Crippen LogP contribution in [0.3, 0.4) is 0 Å². The Morgan fingerprint density at radius 2 is 1.83 bits per heavy atom. The van der Waals surface area contributed by atoms with Crippen molar-refractivity contribution in [3.8, 4) is 0 Å². The minimum absolute atomic E-state index is 0.152. The first-order chi connectivity index (χ1) is 8.77. The molecule has 0 fully saturated rings. The van der Waals surface area contributed by atoms with E-state index in [2.05, 4.69) is 0 Å². The van der Waals surface area contributed by atoms with Crippen LogP contribution in [0.5, 0.6) is 0 Å². The van der Waals surface area contributed by atoms with Gasteiger partial charge in [0.1, 0.15) is 0 Å². The van der Waals surface area contributed by atoms with E-state index in [0.717, 1.165) is 5.56 Å². The van der Waals surface area contributed by atoms with Crippen molar-refractivity contribution in [3.63, 3.8) is 0 Å². The SMILES string of the molecule is O=C(O)[C@H](COCc1ccccc1)n1cccc1. The molecule has 0 saturated carbocycles. The molecule has 0 radical (unpaired) electrons. The van der Waals surface area contributed by atoms with E-state index in [1.165, 1.54) is 0 Å². The van der Waals surface area contributed by atoms with E-state index < -0.39 is 12.0 Å². The summed E-state index contributed by atoms with van der Waals surface area (Å²) in [4.78, 5) is 11.1. The van der Waals surface area contributed by atoms with Gasteiger partial charge in [-0.15, -0.1) is 0 Å². The minimum Gasteiger partial charge on any atom is -0.480 e. The zero-order valence-corrected chi connectivity index (χ0v) is 9.90. The van der Waals surface area contributed by atoms with Crippen LogP contribution in [0, 0.1) is 0 Å². The maximum Gasteiger partial charge on any atom is 0.329 e.